The fourth-order valence-corrected chi connectivity index (χ4v) is 5.28. The second-order valence-electron chi connectivity index (χ2n) is 6.93. The first-order valence-electron chi connectivity index (χ1n) is 9.30. The number of likely N-dealkylation sites (tertiary alicyclic amines) is 1. The zero-order chi connectivity index (χ0) is 21.8. The average molecular weight is 459 g/mol. The third kappa shape index (κ3) is 5.99. The molecule has 0 atom stereocenters. The molecule has 0 bridgehead atoms. The van der Waals surface area contributed by atoms with Gasteiger partial charge >= 0.3 is 12.1 Å². The van der Waals surface area contributed by atoms with Crippen LogP contribution in [0.2, 0.25) is 0 Å². The van der Waals surface area contributed by atoms with Crippen molar-refractivity contribution in [2.24, 2.45) is 0 Å². The largest absolute Gasteiger partial charge is 0.471 e. The zero-order valence-corrected chi connectivity index (χ0v) is 17.6. The highest BCUT2D eigenvalue weighted by atomic mass is 32.2. The zero-order valence-electron chi connectivity index (χ0n) is 15.9. The van der Waals surface area contributed by atoms with Crippen LogP contribution in [0, 0.1) is 0 Å². The average Bonchev–Trinajstić information content (AvgIpc) is 2.72. The molecule has 0 aliphatic carbocycles. The summed E-state index contributed by atoms with van der Waals surface area (Å²) in [7, 11) is -3.79. The number of carbonyl (C=O) groups excluding carboxylic acids is 1. The fraction of sp³-hybridized carbons (Fsp3) is 0.350. The van der Waals surface area contributed by atoms with E-state index in [0.717, 1.165) is 16.2 Å². The Balaban J connectivity index is 1.54. The molecule has 0 radical (unpaired) electrons. The van der Waals surface area contributed by atoms with Gasteiger partial charge in [-0.05, 0) is 42.7 Å². The van der Waals surface area contributed by atoms with Crippen LogP contribution in [0.15, 0.2) is 64.4 Å². The molecule has 1 heterocycles. The van der Waals surface area contributed by atoms with E-state index in [-0.39, 0.29) is 30.8 Å². The summed E-state index contributed by atoms with van der Waals surface area (Å²) >= 11 is 1.59. The third-order valence-electron chi connectivity index (χ3n) is 4.73. The number of nitrogens with one attached hydrogen (secondary N) is 1. The number of halogens is 3. The first-order valence-corrected chi connectivity index (χ1v) is 11.8. The molecule has 1 N–H and O–H groups in total. The molecule has 162 valence electrons. The van der Waals surface area contributed by atoms with E-state index < -0.39 is 28.1 Å². The van der Waals surface area contributed by atoms with Crippen molar-refractivity contribution in [2.45, 2.75) is 40.6 Å². The van der Waals surface area contributed by atoms with E-state index in [4.69, 9.17) is 0 Å². The summed E-state index contributed by atoms with van der Waals surface area (Å²) in [6, 6.07) is 15.9. The van der Waals surface area contributed by atoms with Gasteiger partial charge in [0.05, 0.1) is 4.90 Å². The van der Waals surface area contributed by atoms with Crippen LogP contribution in [-0.2, 0) is 20.6 Å². The standard InChI is InChI=1S/C20H21F3N2O3S2/c21-20(22,23)19(26)25-12-10-16(11-13-25)24-30(27,28)18-8-6-17(7-9-18)29-14-15-4-2-1-3-5-15/h1-9,16,24H,10-14H2. The smallest absolute Gasteiger partial charge is 0.335 e. The lowest BCUT2D eigenvalue weighted by molar-refractivity contribution is -0.186. The summed E-state index contributed by atoms with van der Waals surface area (Å²) in [6.45, 7) is -0.277. The third-order valence-corrected chi connectivity index (χ3v) is 7.35. The molecule has 3 rings (SSSR count). The number of sulfonamides is 1. The first kappa shape index (κ1) is 22.6. The van der Waals surface area contributed by atoms with Crippen molar-refractivity contribution in [3.63, 3.8) is 0 Å². The highest BCUT2D eigenvalue weighted by Gasteiger charge is 2.43. The minimum atomic E-state index is -4.91. The number of hydrogen-bond acceptors (Lipinski definition) is 4. The molecule has 2 aromatic carbocycles. The number of thioether (sulfide) groups is 1. The van der Waals surface area contributed by atoms with Gasteiger partial charge in [0.15, 0.2) is 0 Å². The van der Waals surface area contributed by atoms with Crippen molar-refractivity contribution in [3.05, 3.63) is 60.2 Å². The van der Waals surface area contributed by atoms with E-state index >= 15 is 0 Å². The Labute approximate surface area is 177 Å². The molecule has 0 unspecified atom stereocenters. The first-order chi connectivity index (χ1) is 14.1. The Kier molecular flexibility index (Phi) is 7.10. The number of amides is 1. The maximum Gasteiger partial charge on any atom is 0.471 e. The van der Waals surface area contributed by atoms with Crippen molar-refractivity contribution < 1.29 is 26.4 Å². The number of rotatable bonds is 6. The monoisotopic (exact) mass is 458 g/mol. The summed E-state index contributed by atoms with van der Waals surface area (Å²) in [5, 5.41) is 0. The van der Waals surface area contributed by atoms with E-state index in [2.05, 4.69) is 4.72 Å². The second-order valence-corrected chi connectivity index (χ2v) is 9.69. The van der Waals surface area contributed by atoms with Crippen molar-refractivity contribution in [1.29, 1.82) is 0 Å². The predicted molar refractivity (Wildman–Crippen MR) is 108 cm³/mol. The SMILES string of the molecule is O=C(N1CCC(NS(=O)(=O)c2ccc(SCc3ccccc3)cc2)CC1)C(F)(F)F. The van der Waals surface area contributed by atoms with Gasteiger partial charge in [-0.2, -0.15) is 13.2 Å². The lowest BCUT2D eigenvalue weighted by atomic mass is 10.1. The van der Waals surface area contributed by atoms with Crippen LogP contribution in [0.25, 0.3) is 0 Å². The normalized spacial score (nSPS) is 15.9. The van der Waals surface area contributed by atoms with Crippen LogP contribution in [0.1, 0.15) is 18.4 Å². The second kappa shape index (κ2) is 9.40. The van der Waals surface area contributed by atoms with Gasteiger partial charge in [0.25, 0.3) is 0 Å². The van der Waals surface area contributed by atoms with Crippen LogP contribution >= 0.6 is 11.8 Å². The summed E-state index contributed by atoms with van der Waals surface area (Å²) < 4.78 is 65.2. The van der Waals surface area contributed by atoms with Crippen molar-refractivity contribution >= 4 is 27.7 Å². The Morgan fingerprint density at radius 3 is 2.20 bits per heavy atom. The van der Waals surface area contributed by atoms with Gasteiger partial charge in [-0.3, -0.25) is 4.79 Å². The number of benzene rings is 2. The van der Waals surface area contributed by atoms with Gasteiger partial charge in [-0.15, -0.1) is 11.8 Å². The number of hydrogen-bond donors (Lipinski definition) is 1. The van der Waals surface area contributed by atoms with Crippen LogP contribution in [0.5, 0.6) is 0 Å². The highest BCUT2D eigenvalue weighted by Crippen LogP contribution is 2.25. The lowest BCUT2D eigenvalue weighted by Gasteiger charge is -2.32. The molecule has 1 fully saturated rings. The molecule has 0 saturated carbocycles. The molecular formula is C20H21F3N2O3S2. The van der Waals surface area contributed by atoms with Crippen molar-refractivity contribution in [1.82, 2.24) is 9.62 Å². The number of carbonyl (C=O) groups is 1. The van der Waals surface area contributed by atoms with Crippen molar-refractivity contribution in [2.75, 3.05) is 13.1 Å². The maximum absolute atomic E-state index is 12.6. The summed E-state index contributed by atoms with van der Waals surface area (Å²) in [5.41, 5.74) is 1.16. The van der Waals surface area contributed by atoms with Gasteiger partial charge in [0.2, 0.25) is 10.0 Å². The van der Waals surface area contributed by atoms with Crippen LogP contribution < -0.4 is 4.72 Å². The Bertz CT molecular complexity index is 957. The Morgan fingerprint density at radius 1 is 1.03 bits per heavy atom. The lowest BCUT2D eigenvalue weighted by Crippen LogP contribution is -2.49. The highest BCUT2D eigenvalue weighted by molar-refractivity contribution is 7.98. The van der Waals surface area contributed by atoms with E-state index in [0.29, 0.717) is 4.90 Å². The quantitative estimate of drug-likeness (QED) is 0.669. The van der Waals surface area contributed by atoms with Gasteiger partial charge < -0.3 is 4.90 Å². The summed E-state index contributed by atoms with van der Waals surface area (Å²) in [4.78, 5) is 13.0. The van der Waals surface area contributed by atoms with Crippen LogP contribution in [0.3, 0.4) is 0 Å². The fourth-order valence-electron chi connectivity index (χ4n) is 3.12. The Hall–Kier alpha value is -2.04. The molecule has 1 aliphatic rings. The number of nitrogens with zero attached hydrogens (tertiary/aromatic N) is 1. The molecule has 30 heavy (non-hydrogen) atoms. The molecule has 1 saturated heterocycles. The molecule has 1 aliphatic heterocycles. The van der Waals surface area contributed by atoms with Gasteiger partial charge in [0, 0.05) is 29.8 Å². The topological polar surface area (TPSA) is 66.5 Å². The molecular weight excluding hydrogens is 437 g/mol. The van der Waals surface area contributed by atoms with Gasteiger partial charge in [-0.25, -0.2) is 13.1 Å². The van der Waals surface area contributed by atoms with Crippen LogP contribution in [-0.4, -0.2) is 44.5 Å². The minimum absolute atomic E-state index is 0.0976. The molecule has 5 nitrogen and oxygen atoms in total. The molecule has 1 amide bonds. The summed E-state index contributed by atoms with van der Waals surface area (Å²) in [5.74, 6) is -1.12. The van der Waals surface area contributed by atoms with E-state index in [1.165, 1.54) is 12.1 Å². The minimum Gasteiger partial charge on any atom is -0.335 e. The van der Waals surface area contributed by atoms with Gasteiger partial charge in [-0.1, -0.05) is 30.3 Å². The predicted octanol–water partition coefficient (Wildman–Crippen LogP) is 3.81. The Morgan fingerprint density at radius 2 is 1.63 bits per heavy atom. The van der Waals surface area contributed by atoms with E-state index in [9.17, 15) is 26.4 Å². The van der Waals surface area contributed by atoms with Gasteiger partial charge in [0.1, 0.15) is 0 Å². The van der Waals surface area contributed by atoms with E-state index in [1.54, 1.807) is 23.9 Å². The molecule has 2 aromatic rings. The number of alkyl halides is 3. The molecule has 0 spiro atoms. The van der Waals surface area contributed by atoms with Crippen LogP contribution in [0.4, 0.5) is 13.2 Å². The number of piperidine rings is 1. The molecule has 10 heteroatoms. The van der Waals surface area contributed by atoms with E-state index in [1.807, 2.05) is 30.3 Å². The summed E-state index contributed by atoms with van der Waals surface area (Å²) in [6.07, 6.45) is -4.65. The molecule has 0 aromatic heterocycles. The van der Waals surface area contributed by atoms with Crippen molar-refractivity contribution in [3.8, 4) is 0 Å². The maximum atomic E-state index is 12.6.